The second-order valence-corrected chi connectivity index (χ2v) is 5.85. The largest absolute Gasteiger partial charge is 0.348 e. The summed E-state index contributed by atoms with van der Waals surface area (Å²) >= 11 is 1.55. The van der Waals surface area contributed by atoms with Gasteiger partial charge in [0.2, 0.25) is 0 Å². The van der Waals surface area contributed by atoms with E-state index in [2.05, 4.69) is 12.2 Å². The highest BCUT2D eigenvalue weighted by Crippen LogP contribution is 2.24. The van der Waals surface area contributed by atoms with E-state index < -0.39 is 0 Å². The van der Waals surface area contributed by atoms with E-state index in [-0.39, 0.29) is 17.5 Å². The molecule has 1 aromatic rings. The van der Waals surface area contributed by atoms with E-state index in [1.165, 1.54) is 6.42 Å². The van der Waals surface area contributed by atoms with Gasteiger partial charge in [0.05, 0.1) is 0 Å². The number of nitrogens with zero attached hydrogens (tertiary/aromatic N) is 1. The van der Waals surface area contributed by atoms with Crippen LogP contribution in [0.3, 0.4) is 0 Å². The Morgan fingerprint density at radius 1 is 1.53 bits per heavy atom. The third-order valence-corrected chi connectivity index (χ3v) is 4.35. The van der Waals surface area contributed by atoms with Gasteiger partial charge in [-0.15, -0.1) is 0 Å². The van der Waals surface area contributed by atoms with Crippen LogP contribution in [0.4, 0.5) is 0 Å². The number of rotatable bonds is 3. The van der Waals surface area contributed by atoms with Gasteiger partial charge in [-0.2, -0.15) is 16.6 Å². The van der Waals surface area contributed by atoms with E-state index in [9.17, 15) is 4.79 Å². The van der Waals surface area contributed by atoms with Gasteiger partial charge in [-0.1, -0.05) is 19.8 Å². The minimum atomic E-state index is -0.243. The Hall–Kier alpha value is -1.60. The van der Waals surface area contributed by atoms with Crippen LogP contribution in [-0.4, -0.2) is 11.9 Å². The van der Waals surface area contributed by atoms with Crippen LogP contribution < -0.4 is 5.32 Å². The third-order valence-electron chi connectivity index (χ3n) is 3.65. The lowest BCUT2D eigenvalue weighted by atomic mass is 9.86. The van der Waals surface area contributed by atoms with Gasteiger partial charge < -0.3 is 5.32 Å². The molecule has 3 nitrogen and oxygen atoms in total. The maximum absolute atomic E-state index is 12.1. The van der Waals surface area contributed by atoms with Crippen molar-refractivity contribution in [2.75, 3.05) is 0 Å². The molecule has 1 amide bonds. The number of thiophene rings is 1. The summed E-state index contributed by atoms with van der Waals surface area (Å²) in [6.07, 6.45) is 6.22. The van der Waals surface area contributed by atoms with Gasteiger partial charge in [-0.25, -0.2) is 0 Å². The Bertz CT molecular complexity index is 499. The highest BCUT2D eigenvalue weighted by Gasteiger charge is 2.23. The topological polar surface area (TPSA) is 52.9 Å². The predicted octanol–water partition coefficient (Wildman–Crippen LogP) is 3.35. The van der Waals surface area contributed by atoms with E-state index in [1.807, 2.05) is 22.9 Å². The van der Waals surface area contributed by atoms with Gasteiger partial charge in [0.25, 0.3) is 5.91 Å². The van der Waals surface area contributed by atoms with Crippen molar-refractivity contribution in [1.29, 1.82) is 5.26 Å². The number of hydrogen-bond acceptors (Lipinski definition) is 3. The van der Waals surface area contributed by atoms with Crippen LogP contribution in [0.5, 0.6) is 0 Å². The Labute approximate surface area is 117 Å². The molecule has 0 bridgehead atoms. The maximum Gasteiger partial charge on any atom is 0.262 e. The molecule has 1 N–H and O–H groups in total. The third kappa shape index (κ3) is 3.68. The molecule has 0 saturated heterocycles. The summed E-state index contributed by atoms with van der Waals surface area (Å²) < 4.78 is 0. The number of nitriles is 1. The predicted molar refractivity (Wildman–Crippen MR) is 77.5 cm³/mol. The molecule has 2 atom stereocenters. The molecule has 0 aliphatic heterocycles. The van der Waals surface area contributed by atoms with Crippen molar-refractivity contribution in [2.24, 2.45) is 5.92 Å². The highest BCUT2D eigenvalue weighted by molar-refractivity contribution is 7.08. The average Bonchev–Trinajstić information content (AvgIpc) is 2.91. The van der Waals surface area contributed by atoms with Gasteiger partial charge in [-0.3, -0.25) is 4.79 Å². The molecule has 2 rings (SSSR count). The molecule has 1 saturated carbocycles. The van der Waals surface area contributed by atoms with Crippen LogP contribution >= 0.6 is 11.3 Å². The van der Waals surface area contributed by atoms with E-state index >= 15 is 0 Å². The second-order valence-electron chi connectivity index (χ2n) is 5.07. The smallest absolute Gasteiger partial charge is 0.262 e. The van der Waals surface area contributed by atoms with Crippen molar-refractivity contribution in [1.82, 2.24) is 5.32 Å². The van der Waals surface area contributed by atoms with Crippen molar-refractivity contribution in [3.05, 3.63) is 28.0 Å². The van der Waals surface area contributed by atoms with Crippen LogP contribution in [0, 0.1) is 17.2 Å². The molecule has 0 spiro atoms. The summed E-state index contributed by atoms with van der Waals surface area (Å²) in [7, 11) is 0. The number of carbonyl (C=O) groups is 1. The molecule has 0 aromatic carbocycles. The number of amides is 1. The normalized spacial score (nSPS) is 23.7. The summed E-state index contributed by atoms with van der Waals surface area (Å²) in [4.78, 5) is 12.1. The molecule has 1 aromatic heterocycles. The minimum Gasteiger partial charge on any atom is -0.348 e. The Morgan fingerprint density at radius 3 is 2.95 bits per heavy atom. The standard InChI is InChI=1S/C15H18N2OS/c1-11-4-2-3-5-14(11)17-15(18)13(9-16)8-12-6-7-19-10-12/h6-8,10-11,14H,2-5H2,1H3,(H,17,18)/b13-8+/t11-,14-/m1/s1. The van der Waals surface area contributed by atoms with E-state index in [0.717, 1.165) is 24.8 Å². The Kier molecular flexibility index (Phi) is 4.75. The minimum absolute atomic E-state index is 0.191. The molecule has 4 heteroatoms. The van der Waals surface area contributed by atoms with Crippen LogP contribution in [-0.2, 0) is 4.79 Å². The zero-order valence-electron chi connectivity index (χ0n) is 11.1. The van der Waals surface area contributed by atoms with Crippen LogP contribution in [0.15, 0.2) is 22.4 Å². The lowest BCUT2D eigenvalue weighted by molar-refractivity contribution is -0.118. The first-order chi connectivity index (χ1) is 9.20. The number of nitrogens with one attached hydrogen (secondary N) is 1. The molecule has 0 unspecified atom stereocenters. The summed E-state index contributed by atoms with van der Waals surface area (Å²) in [5.41, 5.74) is 1.10. The Morgan fingerprint density at radius 2 is 2.32 bits per heavy atom. The van der Waals surface area contributed by atoms with Gasteiger partial charge in [0.15, 0.2) is 0 Å². The fourth-order valence-corrected chi connectivity index (χ4v) is 3.07. The second kappa shape index (κ2) is 6.53. The van der Waals surface area contributed by atoms with Crippen molar-refractivity contribution in [3.8, 4) is 6.07 Å². The van der Waals surface area contributed by atoms with Crippen molar-refractivity contribution in [3.63, 3.8) is 0 Å². The zero-order chi connectivity index (χ0) is 13.7. The van der Waals surface area contributed by atoms with Gasteiger partial charge in [0, 0.05) is 6.04 Å². The molecule has 1 aliphatic carbocycles. The van der Waals surface area contributed by atoms with Crippen molar-refractivity contribution < 1.29 is 4.79 Å². The van der Waals surface area contributed by atoms with E-state index in [4.69, 9.17) is 5.26 Å². The van der Waals surface area contributed by atoms with E-state index in [0.29, 0.717) is 5.92 Å². The van der Waals surface area contributed by atoms with Crippen molar-refractivity contribution in [2.45, 2.75) is 38.6 Å². The maximum atomic E-state index is 12.1. The molecule has 0 radical (unpaired) electrons. The molecular weight excluding hydrogens is 256 g/mol. The first-order valence-electron chi connectivity index (χ1n) is 6.65. The molecule has 100 valence electrons. The van der Waals surface area contributed by atoms with Crippen LogP contribution in [0.2, 0.25) is 0 Å². The summed E-state index contributed by atoms with van der Waals surface area (Å²) in [5, 5.41) is 16.0. The summed E-state index contributed by atoms with van der Waals surface area (Å²) in [5.74, 6) is 0.256. The monoisotopic (exact) mass is 274 g/mol. The SMILES string of the molecule is C[C@@H]1CCCC[C@H]1NC(=O)/C(C#N)=C/c1ccsc1. The molecular formula is C15H18N2OS. The first-order valence-corrected chi connectivity index (χ1v) is 7.60. The fourth-order valence-electron chi connectivity index (χ4n) is 2.45. The van der Waals surface area contributed by atoms with Gasteiger partial charge >= 0.3 is 0 Å². The lowest BCUT2D eigenvalue weighted by Gasteiger charge is -2.29. The van der Waals surface area contributed by atoms with Crippen molar-refractivity contribution >= 4 is 23.3 Å². The summed E-state index contributed by atoms with van der Waals surface area (Å²) in [6, 6.07) is 4.11. The van der Waals surface area contributed by atoms with Gasteiger partial charge in [-0.05, 0) is 47.2 Å². The van der Waals surface area contributed by atoms with Gasteiger partial charge in [0.1, 0.15) is 11.6 Å². The molecule has 1 heterocycles. The lowest BCUT2D eigenvalue weighted by Crippen LogP contribution is -2.41. The molecule has 1 fully saturated rings. The Balaban J connectivity index is 2.03. The van der Waals surface area contributed by atoms with E-state index in [1.54, 1.807) is 17.4 Å². The highest BCUT2D eigenvalue weighted by atomic mass is 32.1. The zero-order valence-corrected chi connectivity index (χ0v) is 11.9. The molecule has 1 aliphatic rings. The summed E-state index contributed by atoms with van der Waals surface area (Å²) in [6.45, 7) is 2.17. The molecule has 19 heavy (non-hydrogen) atoms. The number of hydrogen-bond donors (Lipinski definition) is 1. The number of carbonyl (C=O) groups excluding carboxylic acids is 1. The quantitative estimate of drug-likeness (QED) is 0.679. The fraction of sp³-hybridized carbons (Fsp3) is 0.467. The van der Waals surface area contributed by atoms with Crippen LogP contribution in [0.25, 0.3) is 6.08 Å². The average molecular weight is 274 g/mol. The first kappa shape index (κ1) is 13.8. The van der Waals surface area contributed by atoms with Crippen LogP contribution in [0.1, 0.15) is 38.2 Å².